The van der Waals surface area contributed by atoms with Crippen LogP contribution < -0.4 is 9.62 Å². The van der Waals surface area contributed by atoms with Crippen LogP contribution in [0, 0.1) is 11.3 Å². The molecule has 1 fully saturated rings. The second-order valence-corrected chi connectivity index (χ2v) is 7.77. The van der Waals surface area contributed by atoms with Crippen molar-refractivity contribution in [3.05, 3.63) is 59.2 Å². The van der Waals surface area contributed by atoms with Gasteiger partial charge in [0, 0.05) is 37.4 Å². The van der Waals surface area contributed by atoms with Crippen molar-refractivity contribution in [2.75, 3.05) is 29.9 Å². The van der Waals surface area contributed by atoms with Crippen molar-refractivity contribution >= 4 is 29.2 Å². The van der Waals surface area contributed by atoms with E-state index in [-0.39, 0.29) is 5.91 Å². The molecule has 0 radical (unpaired) electrons. The van der Waals surface area contributed by atoms with Crippen molar-refractivity contribution in [2.24, 2.45) is 0 Å². The largest absolute Gasteiger partial charge is 0.381 e. The van der Waals surface area contributed by atoms with E-state index in [0.29, 0.717) is 18.8 Å². The molecule has 0 unspecified atom stereocenters. The predicted molar refractivity (Wildman–Crippen MR) is 108 cm³/mol. The second kappa shape index (κ2) is 7.26. The third-order valence-corrected chi connectivity index (χ3v) is 6.30. The van der Waals surface area contributed by atoms with Crippen molar-refractivity contribution in [3.8, 4) is 6.07 Å². The summed E-state index contributed by atoms with van der Waals surface area (Å²) in [6.07, 6.45) is 1.48. The summed E-state index contributed by atoms with van der Waals surface area (Å²) in [6, 6.07) is 15.9. The third-order valence-electron chi connectivity index (χ3n) is 5.45. The van der Waals surface area contributed by atoms with Gasteiger partial charge in [-0.15, -0.1) is 0 Å². The van der Waals surface area contributed by atoms with Gasteiger partial charge in [-0.3, -0.25) is 4.79 Å². The highest BCUT2D eigenvalue weighted by Crippen LogP contribution is 2.48. The summed E-state index contributed by atoms with van der Waals surface area (Å²) in [5.41, 5.74) is 4.51. The van der Waals surface area contributed by atoms with E-state index in [9.17, 15) is 4.79 Å². The highest BCUT2D eigenvalue weighted by atomic mass is 32.2. The fourth-order valence-electron chi connectivity index (χ4n) is 3.90. The van der Waals surface area contributed by atoms with Gasteiger partial charge in [-0.2, -0.15) is 5.26 Å². The maximum atomic E-state index is 12.9. The van der Waals surface area contributed by atoms with E-state index in [1.54, 1.807) is 16.8 Å². The topological polar surface area (TPSA) is 65.4 Å². The Morgan fingerprint density at radius 1 is 1.22 bits per heavy atom. The molecule has 0 bridgehead atoms. The lowest BCUT2D eigenvalue weighted by molar-refractivity contribution is -0.126. The van der Waals surface area contributed by atoms with E-state index in [1.165, 1.54) is 0 Å². The first-order valence-corrected chi connectivity index (χ1v) is 10.00. The summed E-state index contributed by atoms with van der Waals surface area (Å²) in [5.74, 6) is 0.976. The number of benzene rings is 2. The fourth-order valence-corrected chi connectivity index (χ4v) is 4.63. The monoisotopic (exact) mass is 379 g/mol. The van der Waals surface area contributed by atoms with Crippen LogP contribution in [-0.2, 0) is 20.7 Å². The number of nitriles is 1. The molecule has 2 heterocycles. The molecule has 1 N–H and O–H groups in total. The van der Waals surface area contributed by atoms with Gasteiger partial charge < -0.3 is 14.4 Å². The molecule has 27 heavy (non-hydrogen) atoms. The molecule has 0 aliphatic carbocycles. The number of ether oxygens (including phenoxy) is 1. The first kappa shape index (κ1) is 17.9. The standard InChI is InChI=1S/C21H21N3O2S/c1-24-19-7-6-17(23-27-14-16-4-2-15(13-22)3-5-16)12-18(19)21(20(24)25)8-10-26-11-9-21/h2-7,12,23H,8-11,14H2,1H3. The van der Waals surface area contributed by atoms with Crippen LogP contribution in [0.4, 0.5) is 11.4 Å². The molecule has 2 aliphatic heterocycles. The van der Waals surface area contributed by atoms with E-state index in [2.05, 4.69) is 16.9 Å². The lowest BCUT2D eigenvalue weighted by Crippen LogP contribution is -2.42. The van der Waals surface area contributed by atoms with Crippen LogP contribution >= 0.6 is 11.9 Å². The Kier molecular flexibility index (Phi) is 4.81. The fraction of sp³-hybridized carbons (Fsp3) is 0.333. The third kappa shape index (κ3) is 3.18. The molecule has 0 atom stereocenters. The molecule has 5 nitrogen and oxygen atoms in total. The normalized spacial score (nSPS) is 17.6. The second-order valence-electron chi connectivity index (χ2n) is 6.99. The number of hydrogen-bond donors (Lipinski definition) is 1. The summed E-state index contributed by atoms with van der Waals surface area (Å²) in [6.45, 7) is 1.26. The maximum Gasteiger partial charge on any atom is 0.237 e. The highest BCUT2D eigenvalue weighted by molar-refractivity contribution is 7.99. The van der Waals surface area contributed by atoms with Crippen molar-refractivity contribution in [2.45, 2.75) is 24.0 Å². The highest BCUT2D eigenvalue weighted by Gasteiger charge is 2.50. The van der Waals surface area contributed by atoms with Crippen molar-refractivity contribution < 1.29 is 9.53 Å². The Bertz CT molecular complexity index is 899. The number of nitrogens with zero attached hydrogens (tertiary/aromatic N) is 2. The summed E-state index contributed by atoms with van der Waals surface area (Å²) in [5, 5.41) is 8.87. The summed E-state index contributed by atoms with van der Waals surface area (Å²) < 4.78 is 8.90. The zero-order valence-corrected chi connectivity index (χ0v) is 16.0. The van der Waals surface area contributed by atoms with Gasteiger partial charge in [0.15, 0.2) is 0 Å². The number of rotatable bonds is 4. The van der Waals surface area contributed by atoms with Gasteiger partial charge in [0.2, 0.25) is 5.91 Å². The van der Waals surface area contributed by atoms with Gasteiger partial charge in [-0.1, -0.05) is 12.1 Å². The average molecular weight is 379 g/mol. The Morgan fingerprint density at radius 3 is 2.67 bits per heavy atom. The van der Waals surface area contributed by atoms with Gasteiger partial charge in [0.05, 0.1) is 17.0 Å². The molecule has 4 rings (SSSR count). The minimum Gasteiger partial charge on any atom is -0.381 e. The number of hydrogen-bond acceptors (Lipinski definition) is 5. The minimum absolute atomic E-state index is 0.184. The molecule has 6 heteroatoms. The first-order chi connectivity index (χ1) is 13.1. The molecule has 138 valence electrons. The van der Waals surface area contributed by atoms with E-state index in [1.807, 2.05) is 43.4 Å². The first-order valence-electron chi connectivity index (χ1n) is 9.01. The van der Waals surface area contributed by atoms with Crippen LogP contribution in [0.15, 0.2) is 42.5 Å². The zero-order valence-electron chi connectivity index (χ0n) is 15.2. The SMILES string of the molecule is CN1C(=O)C2(CCOCC2)c2cc(NSCc3ccc(C#N)cc3)ccc21. The molecule has 1 amide bonds. The molecule has 1 spiro atoms. The summed E-state index contributed by atoms with van der Waals surface area (Å²) >= 11 is 1.60. The van der Waals surface area contributed by atoms with E-state index in [4.69, 9.17) is 10.00 Å². The van der Waals surface area contributed by atoms with Gasteiger partial charge in [-0.05, 0) is 66.2 Å². The molecular weight excluding hydrogens is 358 g/mol. The molecule has 2 aromatic rings. The van der Waals surface area contributed by atoms with Crippen LogP contribution in [0.1, 0.15) is 29.5 Å². The van der Waals surface area contributed by atoms with Crippen molar-refractivity contribution in [1.29, 1.82) is 5.26 Å². The Labute approximate surface area is 163 Å². The number of carbonyl (C=O) groups excluding carboxylic acids is 1. The molecule has 2 aromatic carbocycles. The smallest absolute Gasteiger partial charge is 0.237 e. The molecule has 1 saturated heterocycles. The Balaban J connectivity index is 1.49. The lowest BCUT2D eigenvalue weighted by atomic mass is 9.75. The Morgan fingerprint density at radius 2 is 1.96 bits per heavy atom. The maximum absolute atomic E-state index is 12.9. The molecular formula is C21H21N3O2S. The van der Waals surface area contributed by atoms with Crippen molar-refractivity contribution in [1.82, 2.24) is 0 Å². The van der Waals surface area contributed by atoms with E-state index in [0.717, 1.165) is 41.1 Å². The van der Waals surface area contributed by atoms with Gasteiger partial charge in [0.25, 0.3) is 0 Å². The number of fused-ring (bicyclic) bond motifs is 2. The van der Waals surface area contributed by atoms with Crippen LogP contribution in [0.3, 0.4) is 0 Å². The summed E-state index contributed by atoms with van der Waals surface area (Å²) in [7, 11) is 1.86. The van der Waals surface area contributed by atoms with E-state index >= 15 is 0 Å². The predicted octanol–water partition coefficient (Wildman–Crippen LogP) is 3.84. The quantitative estimate of drug-likeness (QED) is 0.818. The number of nitrogens with one attached hydrogen (secondary N) is 1. The molecule has 0 saturated carbocycles. The van der Waals surface area contributed by atoms with E-state index < -0.39 is 5.41 Å². The van der Waals surface area contributed by atoms with Gasteiger partial charge in [0.1, 0.15) is 0 Å². The van der Waals surface area contributed by atoms with Crippen LogP contribution in [0.2, 0.25) is 0 Å². The Hall–Kier alpha value is -2.49. The molecule has 0 aromatic heterocycles. The van der Waals surface area contributed by atoms with Crippen LogP contribution in [0.25, 0.3) is 0 Å². The van der Waals surface area contributed by atoms with Crippen LogP contribution in [0.5, 0.6) is 0 Å². The number of likely N-dealkylation sites (N-methyl/N-ethyl adjacent to an activating group) is 1. The lowest BCUT2D eigenvalue weighted by Gasteiger charge is -2.32. The van der Waals surface area contributed by atoms with Gasteiger partial charge >= 0.3 is 0 Å². The average Bonchev–Trinajstić information content (AvgIpc) is 2.91. The number of anilines is 2. The molecule has 2 aliphatic rings. The minimum atomic E-state index is -0.433. The van der Waals surface area contributed by atoms with Crippen molar-refractivity contribution in [3.63, 3.8) is 0 Å². The van der Waals surface area contributed by atoms with Gasteiger partial charge in [-0.25, -0.2) is 0 Å². The summed E-state index contributed by atoms with van der Waals surface area (Å²) in [4.78, 5) is 14.7. The number of amides is 1. The van der Waals surface area contributed by atoms with Crippen LogP contribution in [-0.4, -0.2) is 26.2 Å². The zero-order chi connectivity index (χ0) is 18.9. The number of carbonyl (C=O) groups is 1.